The zero-order valence-corrected chi connectivity index (χ0v) is 16.8. The Hall–Kier alpha value is -1.96. The highest BCUT2D eigenvalue weighted by molar-refractivity contribution is 9.10. The molecule has 1 heterocycles. The number of carbonyl (C=O) groups is 1. The molecule has 0 aliphatic carbocycles. The van der Waals surface area contributed by atoms with Gasteiger partial charge >= 0.3 is 0 Å². The van der Waals surface area contributed by atoms with E-state index >= 15 is 0 Å². The lowest BCUT2D eigenvalue weighted by Crippen LogP contribution is -2.19. The van der Waals surface area contributed by atoms with Crippen LogP contribution in [0.15, 0.2) is 50.8 Å². The molecule has 5 nitrogen and oxygen atoms in total. The van der Waals surface area contributed by atoms with Crippen LogP contribution in [0.4, 0.5) is 5.69 Å². The van der Waals surface area contributed by atoms with Gasteiger partial charge in [-0.1, -0.05) is 27.5 Å². The molecule has 0 radical (unpaired) electrons. The standard InChI is InChI=1S/C18H14BrClN2O3S/c1-2-25-13-5-3-12(4-6-13)21-18-22-17(24)15(26-18)8-10-7-11(19)9-14(20)16(10)23/h3-9,23H,2H2,1H3,(H,21,22,24)/b15-8+. The Balaban J connectivity index is 1.82. The van der Waals surface area contributed by atoms with E-state index in [1.165, 1.54) is 11.8 Å². The average molecular weight is 454 g/mol. The van der Waals surface area contributed by atoms with Crippen molar-refractivity contribution in [3.63, 3.8) is 0 Å². The lowest BCUT2D eigenvalue weighted by molar-refractivity contribution is -0.115. The minimum absolute atomic E-state index is 0.0762. The third-order valence-corrected chi connectivity index (χ3v) is 5.03. The number of hydrogen-bond acceptors (Lipinski definition) is 5. The first-order valence-corrected chi connectivity index (χ1v) is 9.65. The molecule has 26 heavy (non-hydrogen) atoms. The molecule has 8 heteroatoms. The van der Waals surface area contributed by atoms with E-state index < -0.39 is 0 Å². The minimum Gasteiger partial charge on any atom is -0.506 e. The molecule has 1 aliphatic heterocycles. The number of ether oxygens (including phenoxy) is 1. The molecule has 1 aliphatic rings. The van der Waals surface area contributed by atoms with Crippen LogP contribution in [0, 0.1) is 0 Å². The van der Waals surface area contributed by atoms with Crippen molar-refractivity contribution in [3.05, 3.63) is 56.4 Å². The first kappa shape index (κ1) is 18.8. The van der Waals surface area contributed by atoms with E-state index in [4.69, 9.17) is 16.3 Å². The predicted molar refractivity (Wildman–Crippen MR) is 109 cm³/mol. The van der Waals surface area contributed by atoms with Crippen LogP contribution >= 0.6 is 39.3 Å². The summed E-state index contributed by atoms with van der Waals surface area (Å²) in [6.07, 6.45) is 1.58. The molecule has 2 aromatic carbocycles. The summed E-state index contributed by atoms with van der Waals surface area (Å²) < 4.78 is 6.10. The lowest BCUT2D eigenvalue weighted by atomic mass is 10.2. The van der Waals surface area contributed by atoms with Crippen LogP contribution in [-0.4, -0.2) is 22.8 Å². The molecular formula is C18H14BrClN2O3S. The zero-order chi connectivity index (χ0) is 18.7. The van der Waals surface area contributed by atoms with Crippen molar-refractivity contribution >= 4 is 62.1 Å². The van der Waals surface area contributed by atoms with E-state index in [-0.39, 0.29) is 16.7 Å². The molecular weight excluding hydrogens is 440 g/mol. The smallest absolute Gasteiger partial charge is 0.264 e. The van der Waals surface area contributed by atoms with Gasteiger partial charge in [0.25, 0.3) is 5.91 Å². The number of nitrogens with one attached hydrogen (secondary N) is 1. The number of phenolic OH excluding ortho intramolecular Hbond substituents is 1. The van der Waals surface area contributed by atoms with E-state index in [1.807, 2.05) is 31.2 Å². The van der Waals surface area contributed by atoms with E-state index in [2.05, 4.69) is 26.2 Å². The molecule has 1 saturated heterocycles. The Morgan fingerprint density at radius 3 is 2.77 bits per heavy atom. The Labute approximate surface area is 168 Å². The van der Waals surface area contributed by atoms with Crippen LogP contribution in [0.1, 0.15) is 12.5 Å². The summed E-state index contributed by atoms with van der Waals surface area (Å²) in [5.74, 6) is 0.407. The van der Waals surface area contributed by atoms with E-state index in [9.17, 15) is 9.90 Å². The van der Waals surface area contributed by atoms with Crippen molar-refractivity contribution < 1.29 is 14.6 Å². The molecule has 1 amide bonds. The molecule has 1 fully saturated rings. The molecule has 3 rings (SSSR count). The van der Waals surface area contributed by atoms with Crippen molar-refractivity contribution in [3.8, 4) is 11.5 Å². The third kappa shape index (κ3) is 4.41. The van der Waals surface area contributed by atoms with Gasteiger partial charge in [-0.2, -0.15) is 0 Å². The monoisotopic (exact) mass is 452 g/mol. The summed E-state index contributed by atoms with van der Waals surface area (Å²) in [6.45, 7) is 2.52. The number of amides is 1. The maximum atomic E-state index is 12.2. The Kier molecular flexibility index (Phi) is 5.90. The summed E-state index contributed by atoms with van der Waals surface area (Å²) in [5, 5.41) is 13.4. The van der Waals surface area contributed by atoms with Gasteiger partial charge in [0, 0.05) is 10.0 Å². The number of rotatable bonds is 4. The fraction of sp³-hybridized carbons (Fsp3) is 0.111. The number of aliphatic imine (C=N–C) groups is 1. The highest BCUT2D eigenvalue weighted by Gasteiger charge is 2.24. The predicted octanol–water partition coefficient (Wildman–Crippen LogP) is 5.10. The second kappa shape index (κ2) is 8.16. The first-order chi connectivity index (χ1) is 12.5. The Bertz CT molecular complexity index is 913. The molecule has 0 unspecified atom stereocenters. The van der Waals surface area contributed by atoms with Gasteiger partial charge in [-0.25, -0.2) is 4.99 Å². The van der Waals surface area contributed by atoms with Gasteiger partial charge in [0.1, 0.15) is 11.5 Å². The van der Waals surface area contributed by atoms with Gasteiger partial charge in [-0.3, -0.25) is 4.79 Å². The van der Waals surface area contributed by atoms with E-state index in [0.717, 1.165) is 5.75 Å². The number of thioether (sulfide) groups is 1. The number of halogens is 2. The summed E-state index contributed by atoms with van der Waals surface area (Å²) in [4.78, 5) is 17.0. The number of amidine groups is 1. The average Bonchev–Trinajstić information content (AvgIpc) is 2.93. The van der Waals surface area contributed by atoms with Crippen LogP contribution in [-0.2, 0) is 4.79 Å². The maximum absolute atomic E-state index is 12.2. The molecule has 2 aromatic rings. The second-order valence-electron chi connectivity index (χ2n) is 5.23. The Morgan fingerprint density at radius 1 is 1.35 bits per heavy atom. The quantitative estimate of drug-likeness (QED) is 0.632. The fourth-order valence-corrected chi connectivity index (χ4v) is 3.89. The number of phenols is 1. The fourth-order valence-electron chi connectivity index (χ4n) is 2.22. The van der Waals surface area contributed by atoms with E-state index in [0.29, 0.717) is 32.4 Å². The van der Waals surface area contributed by atoms with Gasteiger partial charge < -0.3 is 15.2 Å². The van der Waals surface area contributed by atoms with Crippen molar-refractivity contribution in [1.82, 2.24) is 5.32 Å². The van der Waals surface area contributed by atoms with Crippen molar-refractivity contribution in [2.45, 2.75) is 6.92 Å². The molecule has 0 saturated carbocycles. The van der Waals surface area contributed by atoms with Gasteiger partial charge in [0.2, 0.25) is 0 Å². The molecule has 134 valence electrons. The molecule has 2 N–H and O–H groups in total. The molecule has 0 spiro atoms. The summed E-state index contributed by atoms with van der Waals surface area (Å²) in [5.41, 5.74) is 1.15. The van der Waals surface area contributed by atoms with Crippen molar-refractivity contribution in [2.75, 3.05) is 6.61 Å². The normalized spacial score (nSPS) is 17.0. The number of carbonyl (C=O) groups excluding carboxylic acids is 1. The third-order valence-electron chi connectivity index (χ3n) is 3.37. The molecule has 0 aromatic heterocycles. The lowest BCUT2D eigenvalue weighted by Gasteiger charge is -2.03. The summed E-state index contributed by atoms with van der Waals surface area (Å²) in [7, 11) is 0. The maximum Gasteiger partial charge on any atom is 0.264 e. The summed E-state index contributed by atoms with van der Waals surface area (Å²) in [6, 6.07) is 10.5. The second-order valence-corrected chi connectivity index (χ2v) is 7.59. The van der Waals surface area contributed by atoms with E-state index in [1.54, 1.807) is 18.2 Å². The topological polar surface area (TPSA) is 70.9 Å². The molecule has 0 bridgehead atoms. The number of benzene rings is 2. The van der Waals surface area contributed by atoms with Gasteiger partial charge in [0.05, 0.1) is 22.2 Å². The largest absolute Gasteiger partial charge is 0.506 e. The number of aromatic hydroxyl groups is 1. The zero-order valence-electron chi connectivity index (χ0n) is 13.6. The highest BCUT2D eigenvalue weighted by Crippen LogP contribution is 2.35. The number of hydrogen-bond donors (Lipinski definition) is 2. The van der Waals surface area contributed by atoms with Crippen molar-refractivity contribution in [1.29, 1.82) is 0 Å². The number of nitrogens with zero attached hydrogens (tertiary/aromatic N) is 1. The van der Waals surface area contributed by atoms with Gasteiger partial charge in [-0.15, -0.1) is 0 Å². The minimum atomic E-state index is -0.282. The van der Waals surface area contributed by atoms with Crippen LogP contribution in [0.5, 0.6) is 11.5 Å². The highest BCUT2D eigenvalue weighted by atomic mass is 79.9. The van der Waals surface area contributed by atoms with Crippen LogP contribution in [0.3, 0.4) is 0 Å². The van der Waals surface area contributed by atoms with Gasteiger partial charge in [0.15, 0.2) is 5.17 Å². The van der Waals surface area contributed by atoms with Crippen molar-refractivity contribution in [2.24, 2.45) is 4.99 Å². The first-order valence-electron chi connectivity index (χ1n) is 7.66. The SMILES string of the molecule is CCOc1ccc(N=C2NC(=O)/C(=C\c3cc(Br)cc(Cl)c3O)S2)cc1. The van der Waals surface area contributed by atoms with Crippen LogP contribution in [0.25, 0.3) is 6.08 Å². The van der Waals surface area contributed by atoms with Crippen LogP contribution in [0.2, 0.25) is 5.02 Å². The van der Waals surface area contributed by atoms with Gasteiger partial charge in [-0.05, 0) is 61.2 Å². The molecule has 0 atom stereocenters. The van der Waals surface area contributed by atoms with Crippen LogP contribution < -0.4 is 10.1 Å². The summed E-state index contributed by atoms with van der Waals surface area (Å²) >= 11 is 10.5. The Morgan fingerprint density at radius 2 is 2.08 bits per heavy atom.